The predicted molar refractivity (Wildman–Crippen MR) is 176 cm³/mol. The molecular weight excluding hydrogens is 574 g/mol. The topological polar surface area (TPSA) is 90.4 Å². The number of likely N-dealkylation sites (tertiary alicyclic amines) is 1. The van der Waals surface area contributed by atoms with E-state index in [1.54, 1.807) is 38.6 Å². The number of aryl methyl sites for hydroxylation is 2. The summed E-state index contributed by atoms with van der Waals surface area (Å²) < 4.78 is 4.86. The molecule has 3 saturated heterocycles. The highest BCUT2D eigenvalue weighted by molar-refractivity contribution is 8.02. The zero-order chi connectivity index (χ0) is 31.6. The summed E-state index contributed by atoms with van der Waals surface area (Å²) in [5, 5.41) is 9.66. The van der Waals surface area contributed by atoms with Gasteiger partial charge in [0.25, 0.3) is 5.91 Å². The SMILES string of the molecule is C=CCN(C(=O)[C@@H]1[C@@H]2CCC3(S2)C(C(=O)N(CC=C)c2cc(C)ccc2C)N(CCCO)C(=O)[C@H]13)c1ccc(OCC)cc1. The van der Waals surface area contributed by atoms with Crippen LogP contribution in [0.5, 0.6) is 5.75 Å². The van der Waals surface area contributed by atoms with Crippen LogP contribution in [0.25, 0.3) is 0 Å². The number of benzene rings is 2. The Kier molecular flexibility index (Phi) is 9.56. The molecule has 2 unspecified atom stereocenters. The number of rotatable bonds is 13. The minimum absolute atomic E-state index is 0.0738. The Labute approximate surface area is 264 Å². The number of aliphatic hydroxyl groups excluding tert-OH is 1. The van der Waals surface area contributed by atoms with Crippen LogP contribution in [0.1, 0.15) is 37.3 Å². The summed E-state index contributed by atoms with van der Waals surface area (Å²) >= 11 is 1.65. The van der Waals surface area contributed by atoms with E-state index in [2.05, 4.69) is 13.2 Å². The molecule has 0 saturated carbocycles. The molecule has 0 aromatic heterocycles. The number of fused-ring (bicyclic) bond motifs is 1. The van der Waals surface area contributed by atoms with Gasteiger partial charge in [-0.15, -0.1) is 24.9 Å². The van der Waals surface area contributed by atoms with Gasteiger partial charge >= 0.3 is 0 Å². The number of aliphatic hydroxyl groups is 1. The molecule has 1 spiro atoms. The lowest BCUT2D eigenvalue weighted by molar-refractivity contribution is -0.139. The largest absolute Gasteiger partial charge is 0.494 e. The fraction of sp³-hybridized carbons (Fsp3) is 0.457. The lowest BCUT2D eigenvalue weighted by atomic mass is 9.70. The average molecular weight is 618 g/mol. The van der Waals surface area contributed by atoms with Gasteiger partial charge in [-0.2, -0.15) is 0 Å². The first kappa shape index (κ1) is 31.9. The summed E-state index contributed by atoms with van der Waals surface area (Å²) in [7, 11) is 0. The van der Waals surface area contributed by atoms with E-state index in [9.17, 15) is 19.5 Å². The summed E-state index contributed by atoms with van der Waals surface area (Å²) in [6.07, 6.45) is 5.18. The Morgan fingerprint density at radius 1 is 1.09 bits per heavy atom. The quantitative estimate of drug-likeness (QED) is 0.321. The van der Waals surface area contributed by atoms with Gasteiger partial charge in [-0.1, -0.05) is 24.3 Å². The van der Waals surface area contributed by atoms with Crippen molar-refractivity contribution >= 4 is 40.9 Å². The van der Waals surface area contributed by atoms with Gasteiger partial charge in [0.1, 0.15) is 11.8 Å². The van der Waals surface area contributed by atoms with E-state index in [0.717, 1.165) is 29.0 Å². The minimum atomic E-state index is -0.752. The molecule has 3 aliphatic heterocycles. The second-order valence-electron chi connectivity index (χ2n) is 11.9. The molecule has 3 fully saturated rings. The number of nitrogens with zero attached hydrogens (tertiary/aromatic N) is 3. The monoisotopic (exact) mass is 617 g/mol. The number of hydrogen-bond donors (Lipinski definition) is 1. The van der Waals surface area contributed by atoms with E-state index in [4.69, 9.17) is 4.74 Å². The van der Waals surface area contributed by atoms with Gasteiger partial charge in [-0.05, 0) is 81.5 Å². The number of thioether (sulfide) groups is 1. The first-order chi connectivity index (χ1) is 21.2. The van der Waals surface area contributed by atoms with Crippen molar-refractivity contribution in [3.05, 3.63) is 78.9 Å². The third-order valence-electron chi connectivity index (χ3n) is 9.15. The Morgan fingerprint density at radius 3 is 2.45 bits per heavy atom. The Balaban J connectivity index is 1.54. The highest BCUT2D eigenvalue weighted by atomic mass is 32.2. The second kappa shape index (κ2) is 13.2. The van der Waals surface area contributed by atoms with Crippen LogP contribution >= 0.6 is 11.8 Å². The van der Waals surface area contributed by atoms with Crippen LogP contribution in [0, 0.1) is 25.7 Å². The highest BCUT2D eigenvalue weighted by Crippen LogP contribution is 2.67. The summed E-state index contributed by atoms with van der Waals surface area (Å²) in [5.74, 6) is -0.949. The van der Waals surface area contributed by atoms with Gasteiger partial charge in [-0.25, -0.2) is 0 Å². The van der Waals surface area contributed by atoms with Crippen molar-refractivity contribution < 1.29 is 24.2 Å². The van der Waals surface area contributed by atoms with E-state index in [1.807, 2.05) is 63.2 Å². The van der Waals surface area contributed by atoms with Crippen LogP contribution in [0.2, 0.25) is 0 Å². The highest BCUT2D eigenvalue weighted by Gasteiger charge is 2.74. The van der Waals surface area contributed by atoms with Crippen molar-refractivity contribution in [1.82, 2.24) is 4.90 Å². The van der Waals surface area contributed by atoms with Gasteiger partial charge in [0.05, 0.1) is 23.2 Å². The summed E-state index contributed by atoms with van der Waals surface area (Å²) in [6, 6.07) is 12.7. The molecular formula is C35H43N3O5S. The Bertz CT molecular complexity index is 1430. The van der Waals surface area contributed by atoms with Gasteiger partial charge < -0.3 is 24.5 Å². The molecule has 3 heterocycles. The maximum absolute atomic E-state index is 14.8. The average Bonchev–Trinajstić information content (AvgIpc) is 3.66. The van der Waals surface area contributed by atoms with Crippen LogP contribution in [0.15, 0.2) is 67.8 Å². The van der Waals surface area contributed by atoms with E-state index in [1.165, 1.54) is 0 Å². The van der Waals surface area contributed by atoms with Gasteiger partial charge in [0.15, 0.2) is 0 Å². The molecule has 0 aliphatic carbocycles. The molecule has 2 bridgehead atoms. The molecule has 44 heavy (non-hydrogen) atoms. The minimum Gasteiger partial charge on any atom is -0.494 e. The molecule has 5 rings (SSSR count). The number of carbonyl (C=O) groups excluding carboxylic acids is 3. The molecule has 2 aromatic rings. The lowest BCUT2D eigenvalue weighted by Gasteiger charge is -2.38. The lowest BCUT2D eigenvalue weighted by Crippen LogP contribution is -2.55. The number of hydrogen-bond acceptors (Lipinski definition) is 6. The van der Waals surface area contributed by atoms with E-state index < -0.39 is 22.6 Å². The summed E-state index contributed by atoms with van der Waals surface area (Å²) in [6.45, 7) is 15.0. The maximum atomic E-state index is 14.8. The molecule has 5 atom stereocenters. The fourth-order valence-electron chi connectivity index (χ4n) is 7.31. The predicted octanol–water partition coefficient (Wildman–Crippen LogP) is 4.91. The van der Waals surface area contributed by atoms with Crippen molar-refractivity contribution in [3.63, 3.8) is 0 Å². The van der Waals surface area contributed by atoms with Crippen LogP contribution in [-0.4, -0.2) is 76.6 Å². The molecule has 9 heteroatoms. The third kappa shape index (κ3) is 5.45. The van der Waals surface area contributed by atoms with Crippen LogP contribution in [0.4, 0.5) is 11.4 Å². The van der Waals surface area contributed by atoms with Gasteiger partial charge in [-0.3, -0.25) is 14.4 Å². The van der Waals surface area contributed by atoms with Crippen LogP contribution < -0.4 is 14.5 Å². The number of carbonyl (C=O) groups is 3. The smallest absolute Gasteiger partial charge is 0.251 e. The molecule has 8 nitrogen and oxygen atoms in total. The normalized spacial score (nSPS) is 25.1. The zero-order valence-corrected chi connectivity index (χ0v) is 26.7. The first-order valence-corrected chi connectivity index (χ1v) is 16.3. The van der Waals surface area contributed by atoms with E-state index >= 15 is 0 Å². The van der Waals surface area contributed by atoms with Gasteiger partial charge in [0, 0.05) is 42.9 Å². The standard InChI is InChI=1S/C35H43N3O5S/c1-6-18-36(25-12-14-26(15-13-25)43-8-3)32(40)29-28-16-17-35(44-28)30(29)33(41)38(20-9-21-39)31(35)34(42)37(19-7-2)27-22-23(4)10-11-24(27)5/h6-7,10-15,22,28-31,39H,1-2,8-9,16-21H2,3-5H3/t28-,29+,30-,31?,35?/m0/s1. The van der Waals surface area contributed by atoms with Crippen molar-refractivity contribution in [2.45, 2.75) is 56.1 Å². The van der Waals surface area contributed by atoms with Crippen LogP contribution in [-0.2, 0) is 14.4 Å². The molecule has 2 aromatic carbocycles. The van der Waals surface area contributed by atoms with Crippen molar-refractivity contribution in [2.24, 2.45) is 11.8 Å². The van der Waals surface area contributed by atoms with Crippen LogP contribution in [0.3, 0.4) is 0 Å². The molecule has 1 N–H and O–H groups in total. The Morgan fingerprint density at radius 2 is 1.80 bits per heavy atom. The van der Waals surface area contributed by atoms with E-state index in [0.29, 0.717) is 38.2 Å². The molecule has 234 valence electrons. The summed E-state index contributed by atoms with van der Waals surface area (Å²) in [5.41, 5.74) is 3.49. The summed E-state index contributed by atoms with van der Waals surface area (Å²) in [4.78, 5) is 48.7. The zero-order valence-electron chi connectivity index (χ0n) is 25.9. The fourth-order valence-corrected chi connectivity index (χ4v) is 9.52. The molecule has 3 amide bonds. The molecule has 0 radical (unpaired) electrons. The van der Waals surface area contributed by atoms with Crippen molar-refractivity contribution in [3.8, 4) is 5.75 Å². The van der Waals surface area contributed by atoms with Crippen molar-refractivity contribution in [2.75, 3.05) is 42.6 Å². The Hall–Kier alpha value is -3.56. The van der Waals surface area contributed by atoms with Gasteiger partial charge in [0.2, 0.25) is 11.8 Å². The first-order valence-electron chi connectivity index (χ1n) is 15.5. The number of ether oxygens (including phenoxy) is 1. The van der Waals surface area contributed by atoms with Crippen molar-refractivity contribution in [1.29, 1.82) is 0 Å². The molecule has 3 aliphatic rings. The second-order valence-corrected chi connectivity index (χ2v) is 13.5. The maximum Gasteiger partial charge on any atom is 0.251 e. The van der Waals surface area contributed by atoms with E-state index in [-0.39, 0.29) is 36.1 Å². The number of amides is 3. The third-order valence-corrected chi connectivity index (χ3v) is 11.1. The number of anilines is 2.